The average Bonchev–Trinajstić information content (AvgIpc) is 3.03. The molecule has 0 aliphatic carbocycles. The highest BCUT2D eigenvalue weighted by Crippen LogP contribution is 2.18. The summed E-state index contributed by atoms with van der Waals surface area (Å²) in [4.78, 5) is 15.6. The Labute approximate surface area is 154 Å². The first kappa shape index (κ1) is 18.3. The van der Waals surface area contributed by atoms with Gasteiger partial charge >= 0.3 is 6.03 Å². The first-order valence-electron chi connectivity index (χ1n) is 9.00. The maximum Gasteiger partial charge on any atom is 0.317 e. The van der Waals surface area contributed by atoms with E-state index < -0.39 is 0 Å². The van der Waals surface area contributed by atoms with Crippen LogP contribution in [0.15, 0.2) is 30.3 Å². The van der Waals surface area contributed by atoms with Crippen molar-refractivity contribution >= 4 is 6.03 Å². The number of hydrogen-bond donors (Lipinski definition) is 1. The molecule has 1 aromatic heterocycles. The molecule has 140 valence electrons. The summed E-state index contributed by atoms with van der Waals surface area (Å²) in [7, 11) is 3.46. The topological polar surface area (TPSA) is 62.6 Å². The molecule has 2 amide bonds. The van der Waals surface area contributed by atoms with Crippen molar-refractivity contribution in [3.05, 3.63) is 47.3 Å². The van der Waals surface area contributed by atoms with Crippen LogP contribution in [0.25, 0.3) is 0 Å². The van der Waals surface area contributed by atoms with Crippen molar-refractivity contribution in [2.24, 2.45) is 0 Å². The molecule has 0 atom stereocenters. The molecule has 1 aliphatic heterocycles. The third-order valence-electron chi connectivity index (χ3n) is 4.40. The van der Waals surface area contributed by atoms with Gasteiger partial charge in [0.1, 0.15) is 5.75 Å². The van der Waals surface area contributed by atoms with Crippen LogP contribution in [0.2, 0.25) is 0 Å². The molecule has 26 heavy (non-hydrogen) atoms. The molecule has 7 heteroatoms. The third-order valence-corrected chi connectivity index (χ3v) is 4.40. The molecule has 2 aromatic rings. The van der Waals surface area contributed by atoms with Crippen molar-refractivity contribution < 1.29 is 9.53 Å². The lowest BCUT2D eigenvalue weighted by Gasteiger charge is -2.27. The number of aromatic nitrogens is 2. The van der Waals surface area contributed by atoms with Gasteiger partial charge in [-0.05, 0) is 30.7 Å². The summed E-state index contributed by atoms with van der Waals surface area (Å²) in [6.07, 6.45) is 0. The van der Waals surface area contributed by atoms with Crippen LogP contribution in [-0.4, -0.2) is 52.9 Å². The van der Waals surface area contributed by atoms with Gasteiger partial charge in [-0.3, -0.25) is 9.58 Å². The highest BCUT2D eigenvalue weighted by molar-refractivity contribution is 5.73. The fraction of sp³-hybridized carbons (Fsp3) is 0.474. The minimum Gasteiger partial charge on any atom is -0.494 e. The quantitative estimate of drug-likeness (QED) is 0.860. The standard InChI is InChI=1S/C19H27N5O2/c1-4-26-18-7-5-15(6-8-18)13-23-9-10-24-17(14-23)11-16(21-24)12-20-19(25)22(2)3/h5-8,11H,4,9-10,12-14H2,1-3H3,(H,20,25). The number of benzene rings is 1. The van der Waals surface area contributed by atoms with Gasteiger partial charge in [0, 0.05) is 33.7 Å². The van der Waals surface area contributed by atoms with E-state index in [1.807, 2.05) is 23.7 Å². The van der Waals surface area contributed by atoms with Gasteiger partial charge in [0.05, 0.1) is 31.1 Å². The van der Waals surface area contributed by atoms with Crippen LogP contribution >= 0.6 is 0 Å². The molecule has 1 aromatic carbocycles. The molecule has 2 heterocycles. The average molecular weight is 357 g/mol. The van der Waals surface area contributed by atoms with Crippen molar-refractivity contribution in [3.63, 3.8) is 0 Å². The van der Waals surface area contributed by atoms with Crippen LogP contribution in [0.5, 0.6) is 5.75 Å². The van der Waals surface area contributed by atoms with Crippen molar-refractivity contribution in [1.29, 1.82) is 0 Å². The minimum absolute atomic E-state index is 0.104. The predicted molar refractivity (Wildman–Crippen MR) is 99.9 cm³/mol. The molecule has 3 rings (SSSR count). The Balaban J connectivity index is 1.56. The van der Waals surface area contributed by atoms with Crippen molar-refractivity contribution in [3.8, 4) is 5.75 Å². The molecule has 0 saturated heterocycles. The van der Waals surface area contributed by atoms with Crippen molar-refractivity contribution in [1.82, 2.24) is 24.9 Å². The number of ether oxygens (including phenoxy) is 1. The molecule has 0 radical (unpaired) electrons. The summed E-state index contributed by atoms with van der Waals surface area (Å²) in [5.41, 5.74) is 3.37. The molecule has 1 aliphatic rings. The van der Waals surface area contributed by atoms with E-state index in [2.05, 4.69) is 33.5 Å². The normalized spacial score (nSPS) is 14.0. The third kappa shape index (κ3) is 4.54. The second kappa shape index (κ2) is 8.23. The number of carbonyl (C=O) groups excluding carboxylic acids is 1. The van der Waals surface area contributed by atoms with Crippen LogP contribution in [0, 0.1) is 0 Å². The van der Waals surface area contributed by atoms with E-state index >= 15 is 0 Å². The van der Waals surface area contributed by atoms with Gasteiger partial charge in [-0.15, -0.1) is 0 Å². The molecular weight excluding hydrogens is 330 g/mol. The zero-order valence-electron chi connectivity index (χ0n) is 15.7. The van der Waals surface area contributed by atoms with Crippen LogP contribution in [-0.2, 0) is 26.2 Å². The van der Waals surface area contributed by atoms with Crippen LogP contribution < -0.4 is 10.1 Å². The molecule has 0 saturated carbocycles. The molecule has 0 bridgehead atoms. The Kier molecular flexibility index (Phi) is 5.78. The Morgan fingerprint density at radius 2 is 2.04 bits per heavy atom. The SMILES string of the molecule is CCOc1ccc(CN2CCn3nc(CNC(=O)N(C)C)cc3C2)cc1. The van der Waals surface area contributed by atoms with E-state index in [9.17, 15) is 4.79 Å². The molecule has 0 unspecified atom stereocenters. The number of nitrogens with one attached hydrogen (secondary N) is 1. The predicted octanol–water partition coefficient (Wildman–Crippen LogP) is 2.07. The van der Waals surface area contributed by atoms with E-state index in [-0.39, 0.29) is 6.03 Å². The Morgan fingerprint density at radius 1 is 1.27 bits per heavy atom. The van der Waals surface area contributed by atoms with Gasteiger partial charge in [0.15, 0.2) is 0 Å². The Bertz CT molecular complexity index is 739. The second-order valence-corrected chi connectivity index (χ2v) is 6.69. The molecule has 7 nitrogen and oxygen atoms in total. The maximum absolute atomic E-state index is 11.6. The van der Waals surface area contributed by atoms with Crippen LogP contribution in [0.1, 0.15) is 23.9 Å². The van der Waals surface area contributed by atoms with Gasteiger partial charge < -0.3 is 15.0 Å². The summed E-state index contributed by atoms with van der Waals surface area (Å²) in [6, 6.07) is 10.3. The summed E-state index contributed by atoms with van der Waals surface area (Å²) in [5, 5.41) is 7.46. The zero-order valence-corrected chi connectivity index (χ0v) is 15.7. The van der Waals surface area contributed by atoms with Crippen LogP contribution in [0.3, 0.4) is 0 Å². The number of amides is 2. The summed E-state index contributed by atoms with van der Waals surface area (Å²) >= 11 is 0. The lowest BCUT2D eigenvalue weighted by atomic mass is 10.2. The first-order chi connectivity index (χ1) is 12.5. The van der Waals surface area contributed by atoms with Gasteiger partial charge in [-0.1, -0.05) is 12.1 Å². The van der Waals surface area contributed by atoms with E-state index in [1.165, 1.54) is 16.2 Å². The van der Waals surface area contributed by atoms with Gasteiger partial charge in [-0.2, -0.15) is 5.10 Å². The number of rotatable bonds is 6. The van der Waals surface area contributed by atoms with E-state index in [4.69, 9.17) is 4.74 Å². The smallest absolute Gasteiger partial charge is 0.317 e. The van der Waals surface area contributed by atoms with E-state index in [1.54, 1.807) is 14.1 Å². The van der Waals surface area contributed by atoms with Gasteiger partial charge in [0.2, 0.25) is 0 Å². The molecular formula is C19H27N5O2. The largest absolute Gasteiger partial charge is 0.494 e. The van der Waals surface area contributed by atoms with Crippen LogP contribution in [0.4, 0.5) is 4.79 Å². The number of fused-ring (bicyclic) bond motifs is 1. The monoisotopic (exact) mass is 357 g/mol. The Morgan fingerprint density at radius 3 is 2.73 bits per heavy atom. The highest BCUT2D eigenvalue weighted by atomic mass is 16.5. The summed E-state index contributed by atoms with van der Waals surface area (Å²) in [6.45, 7) is 6.74. The number of carbonyl (C=O) groups is 1. The lowest BCUT2D eigenvalue weighted by Crippen LogP contribution is -2.34. The zero-order chi connectivity index (χ0) is 18.5. The summed E-state index contributed by atoms with van der Waals surface area (Å²) < 4.78 is 7.54. The van der Waals surface area contributed by atoms with Gasteiger partial charge in [0.25, 0.3) is 0 Å². The molecule has 0 spiro atoms. The number of hydrogen-bond acceptors (Lipinski definition) is 4. The highest BCUT2D eigenvalue weighted by Gasteiger charge is 2.18. The van der Waals surface area contributed by atoms with E-state index in [0.717, 1.165) is 37.6 Å². The number of urea groups is 1. The lowest BCUT2D eigenvalue weighted by molar-refractivity contribution is 0.205. The maximum atomic E-state index is 11.6. The molecule has 1 N–H and O–H groups in total. The fourth-order valence-electron chi connectivity index (χ4n) is 3.04. The number of nitrogens with zero attached hydrogens (tertiary/aromatic N) is 4. The fourth-order valence-corrected chi connectivity index (χ4v) is 3.04. The summed E-state index contributed by atoms with van der Waals surface area (Å²) in [5.74, 6) is 0.914. The van der Waals surface area contributed by atoms with Crippen molar-refractivity contribution in [2.75, 3.05) is 27.2 Å². The van der Waals surface area contributed by atoms with Gasteiger partial charge in [-0.25, -0.2) is 4.79 Å². The molecule has 0 fully saturated rings. The second-order valence-electron chi connectivity index (χ2n) is 6.69. The first-order valence-corrected chi connectivity index (χ1v) is 9.00. The van der Waals surface area contributed by atoms with Crippen molar-refractivity contribution in [2.45, 2.75) is 33.1 Å². The Hall–Kier alpha value is -2.54. The van der Waals surface area contributed by atoms with E-state index in [0.29, 0.717) is 13.2 Å². The minimum atomic E-state index is -0.104.